The van der Waals surface area contributed by atoms with E-state index in [1.54, 1.807) is 0 Å². The van der Waals surface area contributed by atoms with Crippen LogP contribution in [0.5, 0.6) is 0 Å². The van der Waals surface area contributed by atoms with Crippen LogP contribution in [0.4, 0.5) is 0 Å². The summed E-state index contributed by atoms with van der Waals surface area (Å²) in [5, 5.41) is 13.5. The van der Waals surface area contributed by atoms with E-state index in [1.165, 1.54) is 55.1 Å². The zero-order chi connectivity index (χ0) is 30.6. The van der Waals surface area contributed by atoms with Gasteiger partial charge in [-0.05, 0) is 95.8 Å². The number of allylic oxidation sites excluding steroid dienone is 1. The Balaban J connectivity index is 1.23. The van der Waals surface area contributed by atoms with Crippen molar-refractivity contribution in [2.75, 3.05) is 0 Å². The first kappa shape index (κ1) is 26.3. The summed E-state index contributed by atoms with van der Waals surface area (Å²) in [5.74, 6) is 0. The monoisotopic (exact) mass is 587 g/mol. The molecule has 0 atom stereocenters. The fraction of sp³-hybridized carbons (Fsp3) is 0.0465. The summed E-state index contributed by atoms with van der Waals surface area (Å²) in [6.45, 7) is 0. The SMILES string of the molecule is N#CC1=Cc2c(n(-c3cccc(-c4ccccc4)c3)c3ccc(-c4ccc5c(c4)c4ccccc4n5-c4ccccc4)cc23)CC1. The zero-order valence-corrected chi connectivity index (χ0v) is 25.2. The Kier molecular flexibility index (Phi) is 6.01. The lowest BCUT2D eigenvalue weighted by Crippen LogP contribution is -2.05. The topological polar surface area (TPSA) is 33.6 Å². The lowest BCUT2D eigenvalue weighted by Gasteiger charge is -2.15. The summed E-state index contributed by atoms with van der Waals surface area (Å²) in [7, 11) is 0. The summed E-state index contributed by atoms with van der Waals surface area (Å²) in [5.41, 5.74) is 13.9. The summed E-state index contributed by atoms with van der Waals surface area (Å²) in [6, 6.07) is 54.7. The van der Waals surface area contributed by atoms with Crippen LogP contribution in [-0.4, -0.2) is 9.13 Å². The molecule has 6 aromatic carbocycles. The van der Waals surface area contributed by atoms with Crippen LogP contribution in [0.2, 0.25) is 0 Å². The predicted molar refractivity (Wildman–Crippen MR) is 190 cm³/mol. The molecule has 1 aliphatic carbocycles. The average molecular weight is 588 g/mol. The highest BCUT2D eigenvalue weighted by Crippen LogP contribution is 2.40. The number of rotatable bonds is 4. The number of benzene rings is 6. The second-order valence-electron chi connectivity index (χ2n) is 12.0. The van der Waals surface area contributed by atoms with E-state index in [-0.39, 0.29) is 0 Å². The van der Waals surface area contributed by atoms with Crippen molar-refractivity contribution in [3.63, 3.8) is 0 Å². The first-order valence-electron chi connectivity index (χ1n) is 15.8. The third-order valence-electron chi connectivity index (χ3n) is 9.43. The number of nitrogens with zero attached hydrogens (tertiary/aromatic N) is 3. The van der Waals surface area contributed by atoms with E-state index in [2.05, 4.69) is 167 Å². The van der Waals surface area contributed by atoms with E-state index < -0.39 is 0 Å². The van der Waals surface area contributed by atoms with Gasteiger partial charge in [0.1, 0.15) is 0 Å². The molecule has 0 saturated carbocycles. The fourth-order valence-corrected chi connectivity index (χ4v) is 7.30. The van der Waals surface area contributed by atoms with E-state index in [0.717, 1.165) is 40.9 Å². The van der Waals surface area contributed by atoms with E-state index in [9.17, 15) is 5.26 Å². The van der Waals surface area contributed by atoms with Gasteiger partial charge in [0.2, 0.25) is 0 Å². The normalized spacial score (nSPS) is 12.7. The predicted octanol–water partition coefficient (Wildman–Crippen LogP) is 10.9. The Morgan fingerprint density at radius 2 is 1.07 bits per heavy atom. The van der Waals surface area contributed by atoms with Crippen LogP contribution in [-0.2, 0) is 6.42 Å². The van der Waals surface area contributed by atoms with Gasteiger partial charge in [0.25, 0.3) is 0 Å². The number of hydrogen-bond donors (Lipinski definition) is 0. The highest BCUT2D eigenvalue weighted by atomic mass is 15.0. The number of nitriles is 1. The molecule has 0 bridgehead atoms. The Bertz CT molecular complexity index is 2520. The van der Waals surface area contributed by atoms with Crippen LogP contribution in [0.15, 0.2) is 151 Å². The molecule has 0 saturated heterocycles. The number of para-hydroxylation sites is 2. The minimum atomic E-state index is 0.757. The molecule has 0 spiro atoms. The maximum Gasteiger partial charge on any atom is 0.0947 e. The van der Waals surface area contributed by atoms with Crippen LogP contribution < -0.4 is 0 Å². The highest BCUT2D eigenvalue weighted by Gasteiger charge is 2.22. The van der Waals surface area contributed by atoms with Crippen LogP contribution in [0.3, 0.4) is 0 Å². The van der Waals surface area contributed by atoms with Crippen molar-refractivity contribution in [1.29, 1.82) is 5.26 Å². The summed E-state index contributed by atoms with van der Waals surface area (Å²) in [4.78, 5) is 0. The van der Waals surface area contributed by atoms with Crippen LogP contribution in [0.1, 0.15) is 17.7 Å². The van der Waals surface area contributed by atoms with Gasteiger partial charge in [-0.15, -0.1) is 0 Å². The van der Waals surface area contributed by atoms with Crippen molar-refractivity contribution < 1.29 is 0 Å². The van der Waals surface area contributed by atoms with Gasteiger partial charge in [-0.25, -0.2) is 0 Å². The van der Waals surface area contributed by atoms with Gasteiger partial charge >= 0.3 is 0 Å². The average Bonchev–Trinajstić information content (AvgIpc) is 3.64. The highest BCUT2D eigenvalue weighted by molar-refractivity contribution is 6.10. The molecule has 1 aliphatic rings. The molecule has 0 fully saturated rings. The molecule has 46 heavy (non-hydrogen) atoms. The molecule has 3 nitrogen and oxygen atoms in total. The molecular weight excluding hydrogens is 558 g/mol. The molecule has 216 valence electrons. The Morgan fingerprint density at radius 1 is 0.457 bits per heavy atom. The zero-order valence-electron chi connectivity index (χ0n) is 25.2. The Labute approximate surface area is 267 Å². The number of hydrogen-bond acceptors (Lipinski definition) is 1. The standard InChI is InChI=1S/C43H29N3/c44-28-29-18-21-41-37(24-29)39-27-33(20-23-43(39)46(41)35-15-9-12-31(25-35)30-10-3-1-4-11-30)32-19-22-42-38(26-32)36-16-7-8-17-40(36)45(42)34-13-5-2-6-14-34/h1-17,19-20,22-27H,18,21H2. The van der Waals surface area contributed by atoms with Crippen molar-refractivity contribution in [2.45, 2.75) is 12.8 Å². The third-order valence-corrected chi connectivity index (χ3v) is 9.43. The molecule has 0 N–H and O–H groups in total. The molecule has 9 rings (SSSR count). The van der Waals surface area contributed by atoms with E-state index in [1.807, 2.05) is 0 Å². The fourth-order valence-electron chi connectivity index (χ4n) is 7.30. The molecule has 0 amide bonds. The Morgan fingerprint density at radius 3 is 1.85 bits per heavy atom. The van der Waals surface area contributed by atoms with Gasteiger partial charge in [0.05, 0.1) is 22.6 Å². The second kappa shape index (κ2) is 10.5. The molecular formula is C43H29N3. The summed E-state index contributed by atoms with van der Waals surface area (Å²) >= 11 is 0. The van der Waals surface area contributed by atoms with Gasteiger partial charge in [-0.3, -0.25) is 0 Å². The van der Waals surface area contributed by atoms with Gasteiger partial charge in [0.15, 0.2) is 0 Å². The lowest BCUT2D eigenvalue weighted by molar-refractivity contribution is 0.871. The van der Waals surface area contributed by atoms with Gasteiger partial charge in [-0.2, -0.15) is 5.26 Å². The molecule has 8 aromatic rings. The van der Waals surface area contributed by atoms with Gasteiger partial charge < -0.3 is 9.13 Å². The Hall–Kier alpha value is -6.11. The molecule has 0 radical (unpaired) electrons. The smallest absolute Gasteiger partial charge is 0.0947 e. The minimum absolute atomic E-state index is 0.757. The van der Waals surface area contributed by atoms with Crippen LogP contribution in [0, 0.1) is 11.3 Å². The second-order valence-corrected chi connectivity index (χ2v) is 12.0. The minimum Gasteiger partial charge on any atom is -0.313 e. The quantitative estimate of drug-likeness (QED) is 0.202. The van der Waals surface area contributed by atoms with Crippen molar-refractivity contribution in [2.24, 2.45) is 0 Å². The van der Waals surface area contributed by atoms with E-state index in [4.69, 9.17) is 0 Å². The van der Waals surface area contributed by atoms with Crippen molar-refractivity contribution >= 4 is 38.8 Å². The molecule has 2 heterocycles. The van der Waals surface area contributed by atoms with Crippen molar-refractivity contribution in [1.82, 2.24) is 9.13 Å². The van der Waals surface area contributed by atoms with Gasteiger partial charge in [-0.1, -0.05) is 91.0 Å². The molecule has 2 aromatic heterocycles. The largest absolute Gasteiger partial charge is 0.313 e. The maximum absolute atomic E-state index is 9.85. The van der Waals surface area contributed by atoms with E-state index in [0.29, 0.717) is 0 Å². The molecule has 3 heteroatoms. The number of aromatic nitrogens is 2. The van der Waals surface area contributed by atoms with Gasteiger partial charge in [0, 0.05) is 44.4 Å². The molecule has 0 aliphatic heterocycles. The van der Waals surface area contributed by atoms with Crippen LogP contribution in [0.25, 0.3) is 72.4 Å². The first-order chi connectivity index (χ1) is 22.8. The molecule has 0 unspecified atom stereocenters. The van der Waals surface area contributed by atoms with Crippen LogP contribution >= 0.6 is 0 Å². The third kappa shape index (κ3) is 4.12. The number of fused-ring (bicyclic) bond motifs is 6. The maximum atomic E-state index is 9.85. The van der Waals surface area contributed by atoms with E-state index >= 15 is 0 Å². The summed E-state index contributed by atoms with van der Waals surface area (Å²) in [6.07, 6.45) is 3.70. The summed E-state index contributed by atoms with van der Waals surface area (Å²) < 4.78 is 4.76. The van der Waals surface area contributed by atoms with Crippen molar-refractivity contribution in [3.8, 4) is 39.7 Å². The lowest BCUT2D eigenvalue weighted by atomic mass is 9.95. The first-order valence-corrected chi connectivity index (χ1v) is 15.8. The van der Waals surface area contributed by atoms with Crippen molar-refractivity contribution in [3.05, 3.63) is 162 Å².